The van der Waals surface area contributed by atoms with E-state index >= 15 is 0 Å². The largest absolute Gasteiger partial charge is 0.383 e. The predicted molar refractivity (Wildman–Crippen MR) is 86.7 cm³/mol. The maximum Gasteiger partial charge on any atom is 0.0674 e. The van der Waals surface area contributed by atoms with Gasteiger partial charge in [0.05, 0.1) is 19.3 Å². The maximum atomic E-state index is 5.69. The number of morpholine rings is 1. The van der Waals surface area contributed by atoms with E-state index in [1.54, 1.807) is 7.11 Å². The second-order valence-electron chi connectivity index (χ2n) is 7.27. The van der Waals surface area contributed by atoms with Crippen LogP contribution in [0.5, 0.6) is 0 Å². The quantitative estimate of drug-likeness (QED) is 0.730. The number of hydrogen-bond donors (Lipinski definition) is 1. The number of hydrogen-bond acceptors (Lipinski definition) is 4. The van der Waals surface area contributed by atoms with E-state index in [-0.39, 0.29) is 0 Å². The van der Waals surface area contributed by atoms with E-state index in [0.29, 0.717) is 11.5 Å². The molecule has 1 saturated carbocycles. The van der Waals surface area contributed by atoms with Crippen molar-refractivity contribution in [1.29, 1.82) is 0 Å². The topological polar surface area (TPSA) is 33.7 Å². The fraction of sp³-hybridized carbons (Fsp3) is 1.00. The molecule has 0 aromatic heterocycles. The Labute approximate surface area is 130 Å². The molecule has 2 rings (SSSR count). The van der Waals surface area contributed by atoms with Crippen LogP contribution < -0.4 is 5.32 Å². The molecule has 1 unspecified atom stereocenters. The lowest BCUT2D eigenvalue weighted by atomic mass is 9.70. The Morgan fingerprint density at radius 2 is 2.05 bits per heavy atom. The highest BCUT2D eigenvalue weighted by molar-refractivity contribution is 4.90. The average Bonchev–Trinajstić information content (AvgIpc) is 2.47. The van der Waals surface area contributed by atoms with Crippen molar-refractivity contribution in [2.24, 2.45) is 11.3 Å². The second-order valence-corrected chi connectivity index (χ2v) is 7.27. The zero-order valence-electron chi connectivity index (χ0n) is 14.2. The lowest BCUT2D eigenvalue weighted by Crippen LogP contribution is -2.51. The molecule has 0 bridgehead atoms. The summed E-state index contributed by atoms with van der Waals surface area (Å²) in [7, 11) is 1.77. The van der Waals surface area contributed by atoms with Gasteiger partial charge in [-0.15, -0.1) is 0 Å². The van der Waals surface area contributed by atoms with Gasteiger partial charge in [0.15, 0.2) is 0 Å². The molecule has 2 fully saturated rings. The van der Waals surface area contributed by atoms with Crippen LogP contribution in [-0.2, 0) is 9.47 Å². The van der Waals surface area contributed by atoms with Crippen LogP contribution >= 0.6 is 0 Å². The molecule has 0 amide bonds. The van der Waals surface area contributed by atoms with Gasteiger partial charge in [-0.1, -0.05) is 19.8 Å². The highest BCUT2D eigenvalue weighted by Gasteiger charge is 2.36. The van der Waals surface area contributed by atoms with E-state index in [1.807, 2.05) is 0 Å². The fourth-order valence-corrected chi connectivity index (χ4v) is 3.80. The van der Waals surface area contributed by atoms with Crippen LogP contribution in [0.4, 0.5) is 0 Å². The number of nitrogens with zero attached hydrogens (tertiary/aromatic N) is 1. The van der Waals surface area contributed by atoms with Crippen LogP contribution in [0.3, 0.4) is 0 Å². The Balaban J connectivity index is 1.88. The highest BCUT2D eigenvalue weighted by atomic mass is 16.5. The van der Waals surface area contributed by atoms with E-state index in [0.717, 1.165) is 45.3 Å². The van der Waals surface area contributed by atoms with Gasteiger partial charge in [-0.05, 0) is 31.1 Å². The lowest BCUT2D eigenvalue weighted by molar-refractivity contribution is -0.0386. The summed E-state index contributed by atoms with van der Waals surface area (Å²) in [5, 5.41) is 3.63. The Hall–Kier alpha value is -0.160. The summed E-state index contributed by atoms with van der Waals surface area (Å²) in [6.45, 7) is 11.8. The molecule has 21 heavy (non-hydrogen) atoms. The first kappa shape index (κ1) is 17.2. The normalized spacial score (nSPS) is 35.0. The molecule has 1 aliphatic heterocycles. The summed E-state index contributed by atoms with van der Waals surface area (Å²) in [5.74, 6) is 0.903. The smallest absolute Gasteiger partial charge is 0.0674 e. The predicted octanol–water partition coefficient (Wildman–Crippen LogP) is 2.14. The molecule has 2 aliphatic rings. The summed E-state index contributed by atoms with van der Waals surface area (Å²) < 4.78 is 10.8. The van der Waals surface area contributed by atoms with Gasteiger partial charge in [-0.3, -0.25) is 4.90 Å². The van der Waals surface area contributed by atoms with Gasteiger partial charge in [0.25, 0.3) is 0 Å². The van der Waals surface area contributed by atoms with E-state index in [4.69, 9.17) is 9.47 Å². The molecular weight excluding hydrogens is 264 g/mol. The third kappa shape index (κ3) is 5.51. The first-order valence-corrected chi connectivity index (χ1v) is 8.67. The minimum atomic E-state index is 0.389. The molecule has 4 nitrogen and oxygen atoms in total. The Morgan fingerprint density at radius 3 is 2.71 bits per heavy atom. The lowest BCUT2D eigenvalue weighted by Gasteiger charge is -2.44. The van der Waals surface area contributed by atoms with Crippen LogP contribution in [-0.4, -0.2) is 64.1 Å². The summed E-state index contributed by atoms with van der Waals surface area (Å²) >= 11 is 0. The van der Waals surface area contributed by atoms with Crippen LogP contribution in [0.2, 0.25) is 0 Å². The summed E-state index contributed by atoms with van der Waals surface area (Å²) in [5.41, 5.74) is 0.456. The Kier molecular flexibility index (Phi) is 6.93. The average molecular weight is 298 g/mol. The minimum absolute atomic E-state index is 0.389. The zero-order valence-corrected chi connectivity index (χ0v) is 14.2. The number of rotatable bonds is 7. The second kappa shape index (κ2) is 8.47. The van der Waals surface area contributed by atoms with Gasteiger partial charge < -0.3 is 14.8 Å². The number of ether oxygens (including phenoxy) is 2. The van der Waals surface area contributed by atoms with Crippen molar-refractivity contribution in [3.8, 4) is 0 Å². The minimum Gasteiger partial charge on any atom is -0.383 e. The van der Waals surface area contributed by atoms with Gasteiger partial charge in [0.2, 0.25) is 0 Å². The monoisotopic (exact) mass is 298 g/mol. The maximum absolute atomic E-state index is 5.69. The van der Waals surface area contributed by atoms with Gasteiger partial charge in [-0.25, -0.2) is 0 Å². The van der Waals surface area contributed by atoms with Crippen molar-refractivity contribution in [1.82, 2.24) is 10.2 Å². The molecule has 4 heteroatoms. The number of nitrogens with one attached hydrogen (secondary N) is 1. The third-order valence-corrected chi connectivity index (χ3v) is 5.20. The fourth-order valence-electron chi connectivity index (χ4n) is 3.80. The first-order valence-electron chi connectivity index (χ1n) is 8.67. The molecule has 0 aromatic carbocycles. The van der Waals surface area contributed by atoms with Gasteiger partial charge >= 0.3 is 0 Å². The Bertz CT molecular complexity index is 291. The molecule has 0 radical (unpaired) electrons. The van der Waals surface area contributed by atoms with E-state index in [9.17, 15) is 0 Å². The molecule has 1 N–H and O–H groups in total. The van der Waals surface area contributed by atoms with Crippen molar-refractivity contribution in [2.45, 2.75) is 45.6 Å². The van der Waals surface area contributed by atoms with Crippen LogP contribution in [0.25, 0.3) is 0 Å². The highest BCUT2D eigenvalue weighted by Crippen LogP contribution is 2.39. The van der Waals surface area contributed by atoms with Gasteiger partial charge in [0, 0.05) is 39.8 Å². The molecular formula is C17H34N2O2. The van der Waals surface area contributed by atoms with Crippen molar-refractivity contribution < 1.29 is 9.47 Å². The summed E-state index contributed by atoms with van der Waals surface area (Å²) in [6.07, 6.45) is 5.87. The van der Waals surface area contributed by atoms with Crippen molar-refractivity contribution in [2.75, 3.05) is 53.0 Å². The van der Waals surface area contributed by atoms with E-state index in [1.165, 1.54) is 32.2 Å². The van der Waals surface area contributed by atoms with Crippen LogP contribution in [0, 0.1) is 11.3 Å². The number of methoxy groups -OCH3 is 1. The molecule has 1 aliphatic carbocycles. The van der Waals surface area contributed by atoms with E-state index in [2.05, 4.69) is 24.1 Å². The SMILES string of the molecule is COCCNCC1(CN2CCOC(C)C2)CCC(C)CC1. The standard InChI is InChI=1S/C17H34N2O2/c1-15-4-6-17(7-5-15,13-18-8-10-20-3)14-19-9-11-21-16(2)12-19/h15-16,18H,4-14H2,1-3H3. The summed E-state index contributed by atoms with van der Waals surface area (Å²) in [6, 6.07) is 0. The Morgan fingerprint density at radius 1 is 1.29 bits per heavy atom. The first-order chi connectivity index (χ1) is 10.1. The summed E-state index contributed by atoms with van der Waals surface area (Å²) in [4.78, 5) is 2.63. The molecule has 0 aromatic rings. The molecule has 0 spiro atoms. The van der Waals surface area contributed by atoms with E-state index < -0.39 is 0 Å². The van der Waals surface area contributed by atoms with Gasteiger partial charge in [-0.2, -0.15) is 0 Å². The van der Waals surface area contributed by atoms with Crippen LogP contribution in [0.1, 0.15) is 39.5 Å². The molecule has 1 atom stereocenters. The molecule has 124 valence electrons. The third-order valence-electron chi connectivity index (χ3n) is 5.20. The van der Waals surface area contributed by atoms with Crippen molar-refractivity contribution >= 4 is 0 Å². The molecule has 1 saturated heterocycles. The zero-order chi connectivity index (χ0) is 15.1. The van der Waals surface area contributed by atoms with Crippen LogP contribution in [0.15, 0.2) is 0 Å². The molecule has 1 heterocycles. The van der Waals surface area contributed by atoms with Crippen molar-refractivity contribution in [3.63, 3.8) is 0 Å². The van der Waals surface area contributed by atoms with Crippen molar-refractivity contribution in [3.05, 3.63) is 0 Å². The van der Waals surface area contributed by atoms with Gasteiger partial charge in [0.1, 0.15) is 0 Å².